The van der Waals surface area contributed by atoms with Crippen LogP contribution in [-0.4, -0.2) is 73.5 Å². The third-order valence-electron chi connectivity index (χ3n) is 9.21. The van der Waals surface area contributed by atoms with Crippen LogP contribution >= 0.6 is 22.9 Å². The van der Waals surface area contributed by atoms with Crippen molar-refractivity contribution in [1.29, 1.82) is 0 Å². The summed E-state index contributed by atoms with van der Waals surface area (Å²) < 4.78 is 14.8. The lowest BCUT2D eigenvalue weighted by atomic mass is 9.80. The fourth-order valence-electron chi connectivity index (χ4n) is 6.15. The number of imidazole rings is 1. The third kappa shape index (κ3) is 7.60. The molecular formula is C37H37ClFN7O2S. The minimum absolute atomic E-state index is 0.182. The van der Waals surface area contributed by atoms with Crippen molar-refractivity contribution in [3.05, 3.63) is 101 Å². The molecule has 12 heteroatoms. The number of carbonyl (C=O) groups is 1. The van der Waals surface area contributed by atoms with Crippen LogP contribution in [0, 0.1) is 12.7 Å². The maximum absolute atomic E-state index is 13.5. The first-order chi connectivity index (χ1) is 23.8. The molecule has 2 aromatic carbocycles. The van der Waals surface area contributed by atoms with Crippen molar-refractivity contribution in [2.75, 3.05) is 38.1 Å². The largest absolute Gasteiger partial charge is 0.387 e. The van der Waals surface area contributed by atoms with Crippen molar-refractivity contribution in [3.8, 4) is 10.6 Å². The lowest BCUT2D eigenvalue weighted by Gasteiger charge is -2.34. The van der Waals surface area contributed by atoms with Crippen LogP contribution in [0.3, 0.4) is 0 Å². The monoisotopic (exact) mass is 697 g/mol. The number of carbonyl (C=O) groups excluding carboxylic acids is 1. The summed E-state index contributed by atoms with van der Waals surface area (Å²) in [6.07, 6.45) is 7.83. The van der Waals surface area contributed by atoms with E-state index < -0.39 is 6.61 Å². The fraction of sp³-hybridized carbons (Fsp3) is 0.297. The summed E-state index contributed by atoms with van der Waals surface area (Å²) in [6, 6.07) is 19.0. The fourth-order valence-corrected chi connectivity index (χ4v) is 7.51. The van der Waals surface area contributed by atoms with Crippen LogP contribution in [0.5, 0.6) is 0 Å². The number of piperazine rings is 1. The second-order valence-corrected chi connectivity index (χ2v) is 14.0. The SMILES string of the molecule is Cc1ccc(Nc2nc3ccc(Cl)cc3[nH]2)cc1F.O=C(CO)N1CCN(Cc2ccc(-c3cc4nccc(C5CCC5)c4s3)nc2)CC1. The number of H-pyrrole nitrogens is 1. The number of thiophene rings is 1. The number of amides is 1. The molecule has 2 aliphatic rings. The number of nitrogens with one attached hydrogen (secondary N) is 2. The molecule has 0 radical (unpaired) electrons. The number of aromatic nitrogens is 4. The van der Waals surface area contributed by atoms with Gasteiger partial charge in [0.15, 0.2) is 0 Å². The summed E-state index contributed by atoms with van der Waals surface area (Å²) in [5, 5.41) is 12.7. The summed E-state index contributed by atoms with van der Waals surface area (Å²) in [5.41, 5.74) is 7.62. The molecule has 9 nitrogen and oxygen atoms in total. The molecule has 1 aliphatic heterocycles. The normalized spacial score (nSPS) is 15.2. The molecule has 1 amide bonds. The highest BCUT2D eigenvalue weighted by Crippen LogP contribution is 2.43. The van der Waals surface area contributed by atoms with E-state index in [0.717, 1.165) is 41.9 Å². The standard InChI is InChI=1S/C23H26N4O2S.C14H11ClFN3/c28-15-22(29)27-10-8-26(9-11-27)14-16-4-5-19(25-13-16)21-12-20-23(30-21)18(6-7-24-20)17-2-1-3-17;1-8-2-4-10(7-11(8)16)17-14-18-12-5-3-9(15)6-13(12)19-14/h4-7,12-13,17,28H,1-3,8-11,14-15H2;2-7H,1H3,(H2,17,18,19). The Morgan fingerprint density at radius 2 is 1.88 bits per heavy atom. The number of rotatable bonds is 7. The average molecular weight is 698 g/mol. The Hall–Kier alpha value is -4.42. The zero-order valence-corrected chi connectivity index (χ0v) is 28.7. The van der Waals surface area contributed by atoms with Gasteiger partial charge in [-0.05, 0) is 90.9 Å². The van der Waals surface area contributed by atoms with Crippen molar-refractivity contribution in [1.82, 2.24) is 29.7 Å². The van der Waals surface area contributed by atoms with Gasteiger partial charge in [0.1, 0.15) is 12.4 Å². The number of fused-ring (bicyclic) bond motifs is 2. The van der Waals surface area contributed by atoms with E-state index in [-0.39, 0.29) is 11.7 Å². The van der Waals surface area contributed by atoms with Crippen molar-refractivity contribution < 1.29 is 14.3 Å². The van der Waals surface area contributed by atoms with Gasteiger partial charge in [0, 0.05) is 55.8 Å². The zero-order chi connectivity index (χ0) is 33.9. The number of aryl methyl sites for hydroxylation is 1. The molecule has 1 saturated heterocycles. The number of aromatic amines is 1. The Labute approximate surface area is 292 Å². The highest BCUT2D eigenvalue weighted by molar-refractivity contribution is 7.22. The van der Waals surface area contributed by atoms with E-state index in [9.17, 15) is 9.18 Å². The third-order valence-corrected chi connectivity index (χ3v) is 10.6. The number of hydrogen-bond donors (Lipinski definition) is 3. The molecule has 0 bridgehead atoms. The summed E-state index contributed by atoms with van der Waals surface area (Å²) in [4.78, 5) is 33.6. The minimum atomic E-state index is -0.402. The number of pyridine rings is 2. The number of hydrogen-bond acceptors (Lipinski definition) is 8. The molecule has 6 aromatic rings. The van der Waals surface area contributed by atoms with Crippen LogP contribution < -0.4 is 5.32 Å². The van der Waals surface area contributed by atoms with Crippen molar-refractivity contribution in [2.24, 2.45) is 0 Å². The van der Waals surface area contributed by atoms with Gasteiger partial charge in [0.25, 0.3) is 0 Å². The first-order valence-corrected chi connectivity index (χ1v) is 17.7. The Morgan fingerprint density at radius 1 is 1.04 bits per heavy atom. The Kier molecular flexibility index (Phi) is 9.86. The second-order valence-electron chi connectivity index (χ2n) is 12.6. The van der Waals surface area contributed by atoms with Crippen LogP contribution in [0.25, 0.3) is 31.8 Å². The lowest BCUT2D eigenvalue weighted by molar-refractivity contribution is -0.136. The molecule has 252 valence electrons. The second kappa shape index (κ2) is 14.6. The number of aliphatic hydroxyl groups is 1. The van der Waals surface area contributed by atoms with Crippen molar-refractivity contribution in [3.63, 3.8) is 0 Å². The summed E-state index contributed by atoms with van der Waals surface area (Å²) >= 11 is 7.72. The number of anilines is 2. The van der Waals surface area contributed by atoms with Gasteiger partial charge in [-0.3, -0.25) is 19.7 Å². The van der Waals surface area contributed by atoms with E-state index in [1.807, 2.05) is 29.8 Å². The highest BCUT2D eigenvalue weighted by atomic mass is 35.5. The van der Waals surface area contributed by atoms with Crippen molar-refractivity contribution >= 4 is 61.7 Å². The van der Waals surface area contributed by atoms with Gasteiger partial charge in [-0.2, -0.15) is 0 Å². The van der Waals surface area contributed by atoms with Crippen LogP contribution in [0.2, 0.25) is 5.02 Å². The van der Waals surface area contributed by atoms with Gasteiger partial charge in [0.2, 0.25) is 11.9 Å². The Balaban J connectivity index is 0.000000171. The van der Waals surface area contributed by atoms with E-state index in [1.54, 1.807) is 36.1 Å². The van der Waals surface area contributed by atoms with Crippen LogP contribution in [0.15, 0.2) is 73.1 Å². The molecule has 8 rings (SSSR count). The van der Waals surface area contributed by atoms with Gasteiger partial charge in [-0.1, -0.05) is 30.2 Å². The molecule has 5 heterocycles. The molecule has 0 spiro atoms. The molecule has 0 atom stereocenters. The first-order valence-electron chi connectivity index (χ1n) is 16.5. The highest BCUT2D eigenvalue weighted by Gasteiger charge is 2.23. The van der Waals surface area contributed by atoms with Gasteiger partial charge >= 0.3 is 0 Å². The Morgan fingerprint density at radius 3 is 2.59 bits per heavy atom. The van der Waals surface area contributed by atoms with Crippen LogP contribution in [0.4, 0.5) is 16.0 Å². The summed E-state index contributed by atoms with van der Waals surface area (Å²) in [7, 11) is 0. The number of benzene rings is 2. The molecule has 1 aliphatic carbocycles. The number of aliphatic hydroxyl groups excluding tert-OH is 1. The first kappa shape index (κ1) is 33.1. The van der Waals surface area contributed by atoms with Gasteiger partial charge in [0.05, 0.1) is 31.8 Å². The van der Waals surface area contributed by atoms with E-state index in [2.05, 4.69) is 49.4 Å². The van der Waals surface area contributed by atoms with Crippen LogP contribution in [-0.2, 0) is 11.3 Å². The van der Waals surface area contributed by atoms with Crippen LogP contribution in [0.1, 0.15) is 41.9 Å². The molecular weight excluding hydrogens is 661 g/mol. The van der Waals surface area contributed by atoms with Gasteiger partial charge in [-0.25, -0.2) is 9.37 Å². The maximum Gasteiger partial charge on any atom is 0.248 e. The summed E-state index contributed by atoms with van der Waals surface area (Å²) in [5.74, 6) is 0.828. The molecule has 49 heavy (non-hydrogen) atoms. The molecule has 4 aromatic heterocycles. The topological polar surface area (TPSA) is 110 Å². The van der Waals surface area contributed by atoms with Crippen molar-refractivity contribution in [2.45, 2.75) is 38.6 Å². The lowest BCUT2D eigenvalue weighted by Crippen LogP contribution is -2.49. The number of nitrogens with zero attached hydrogens (tertiary/aromatic N) is 5. The zero-order valence-electron chi connectivity index (χ0n) is 27.1. The average Bonchev–Trinajstić information content (AvgIpc) is 3.70. The number of halogens is 2. The molecule has 2 fully saturated rings. The maximum atomic E-state index is 13.5. The van der Waals surface area contributed by atoms with Gasteiger partial charge < -0.3 is 20.3 Å². The molecule has 3 N–H and O–H groups in total. The minimum Gasteiger partial charge on any atom is -0.387 e. The van der Waals surface area contributed by atoms with E-state index >= 15 is 0 Å². The quantitative estimate of drug-likeness (QED) is 0.157. The molecule has 0 unspecified atom stereocenters. The summed E-state index contributed by atoms with van der Waals surface area (Å²) in [6.45, 7) is 5.13. The predicted octanol–water partition coefficient (Wildman–Crippen LogP) is 7.67. The van der Waals surface area contributed by atoms with Gasteiger partial charge in [-0.15, -0.1) is 11.3 Å². The van der Waals surface area contributed by atoms with E-state index in [1.165, 1.54) is 46.0 Å². The predicted molar refractivity (Wildman–Crippen MR) is 194 cm³/mol. The van der Waals surface area contributed by atoms with E-state index in [0.29, 0.717) is 41.2 Å². The van der Waals surface area contributed by atoms with E-state index in [4.69, 9.17) is 21.7 Å². The smallest absolute Gasteiger partial charge is 0.248 e. The Bertz CT molecular complexity index is 2090. The molecule has 1 saturated carbocycles.